The molecule has 0 saturated heterocycles. The summed E-state index contributed by atoms with van der Waals surface area (Å²) in [6.07, 6.45) is 0. The third-order valence-electron chi connectivity index (χ3n) is 3.17. The minimum absolute atomic E-state index is 0.569. The zero-order chi connectivity index (χ0) is 14.5. The lowest BCUT2D eigenvalue weighted by Crippen LogP contribution is -2.15. The molecule has 0 aromatic heterocycles. The van der Waals surface area contributed by atoms with E-state index in [0.717, 1.165) is 18.8 Å². The predicted molar refractivity (Wildman–Crippen MR) is 89.4 cm³/mol. The number of hydrogen-bond donors (Lipinski definition) is 2. The molecular weight excluding hydrogens is 291 g/mol. The van der Waals surface area contributed by atoms with E-state index in [-0.39, 0.29) is 0 Å². The molecule has 106 valence electrons. The predicted octanol–water partition coefficient (Wildman–Crippen LogP) is 5.13. The SMILES string of the molecule is Cc1cccc(C)c1NCCNc1cccc(Cl)c1Cl. The first-order valence-electron chi connectivity index (χ1n) is 6.57. The highest BCUT2D eigenvalue weighted by Gasteiger charge is 2.04. The van der Waals surface area contributed by atoms with Crippen molar-refractivity contribution in [3.63, 3.8) is 0 Å². The smallest absolute Gasteiger partial charge is 0.0823 e. The maximum atomic E-state index is 6.12. The van der Waals surface area contributed by atoms with E-state index >= 15 is 0 Å². The lowest BCUT2D eigenvalue weighted by Gasteiger charge is -2.14. The number of aryl methyl sites for hydroxylation is 2. The van der Waals surface area contributed by atoms with Crippen LogP contribution in [-0.2, 0) is 0 Å². The van der Waals surface area contributed by atoms with Crippen LogP contribution < -0.4 is 10.6 Å². The second kappa shape index (κ2) is 6.87. The van der Waals surface area contributed by atoms with E-state index < -0.39 is 0 Å². The number of hydrogen-bond acceptors (Lipinski definition) is 2. The average Bonchev–Trinajstić information content (AvgIpc) is 2.42. The summed E-state index contributed by atoms with van der Waals surface area (Å²) in [5.41, 5.74) is 4.57. The van der Waals surface area contributed by atoms with E-state index in [4.69, 9.17) is 23.2 Å². The molecule has 2 rings (SSSR count). The van der Waals surface area contributed by atoms with Gasteiger partial charge in [-0.3, -0.25) is 0 Å². The first-order chi connectivity index (χ1) is 9.59. The van der Waals surface area contributed by atoms with Gasteiger partial charge in [0.25, 0.3) is 0 Å². The molecule has 2 N–H and O–H groups in total. The average molecular weight is 309 g/mol. The number of nitrogens with one attached hydrogen (secondary N) is 2. The second-order valence-corrected chi connectivity index (χ2v) is 5.51. The van der Waals surface area contributed by atoms with Gasteiger partial charge in [0.05, 0.1) is 15.7 Å². The standard InChI is InChI=1S/C16H18Cl2N2/c1-11-5-3-6-12(2)16(11)20-10-9-19-14-8-4-7-13(17)15(14)18/h3-8,19-20H,9-10H2,1-2H3. The third kappa shape index (κ3) is 3.59. The lowest BCUT2D eigenvalue weighted by atomic mass is 10.1. The Balaban J connectivity index is 1.89. The van der Waals surface area contributed by atoms with Crippen molar-refractivity contribution in [1.82, 2.24) is 0 Å². The van der Waals surface area contributed by atoms with Crippen molar-refractivity contribution in [2.75, 3.05) is 23.7 Å². The summed E-state index contributed by atoms with van der Waals surface area (Å²) < 4.78 is 0. The van der Waals surface area contributed by atoms with Crippen LogP contribution in [0.2, 0.25) is 10.0 Å². The molecule has 0 aliphatic carbocycles. The molecule has 0 atom stereocenters. The monoisotopic (exact) mass is 308 g/mol. The van der Waals surface area contributed by atoms with Crippen LogP contribution >= 0.6 is 23.2 Å². The van der Waals surface area contributed by atoms with E-state index in [1.165, 1.54) is 16.8 Å². The van der Waals surface area contributed by atoms with Crippen LogP contribution in [0, 0.1) is 13.8 Å². The summed E-state index contributed by atoms with van der Waals surface area (Å²) in [5.74, 6) is 0. The number of anilines is 2. The van der Waals surface area contributed by atoms with Crippen LogP contribution in [0.1, 0.15) is 11.1 Å². The fourth-order valence-electron chi connectivity index (χ4n) is 2.12. The molecule has 0 unspecified atom stereocenters. The fourth-order valence-corrected chi connectivity index (χ4v) is 2.49. The van der Waals surface area contributed by atoms with Crippen molar-refractivity contribution in [3.05, 3.63) is 57.6 Å². The molecule has 0 saturated carbocycles. The molecule has 0 radical (unpaired) electrons. The Morgan fingerprint density at radius 2 is 1.45 bits per heavy atom. The van der Waals surface area contributed by atoms with Crippen LogP contribution in [0.5, 0.6) is 0 Å². The van der Waals surface area contributed by atoms with Crippen molar-refractivity contribution in [2.45, 2.75) is 13.8 Å². The molecule has 0 fully saturated rings. The molecule has 0 spiro atoms. The van der Waals surface area contributed by atoms with Crippen molar-refractivity contribution in [3.8, 4) is 0 Å². The molecule has 2 nitrogen and oxygen atoms in total. The highest BCUT2D eigenvalue weighted by molar-refractivity contribution is 6.43. The van der Waals surface area contributed by atoms with Gasteiger partial charge in [-0.25, -0.2) is 0 Å². The van der Waals surface area contributed by atoms with Crippen molar-refractivity contribution in [1.29, 1.82) is 0 Å². The van der Waals surface area contributed by atoms with Gasteiger partial charge in [-0.1, -0.05) is 47.5 Å². The summed E-state index contributed by atoms with van der Waals surface area (Å²) >= 11 is 12.1. The third-order valence-corrected chi connectivity index (χ3v) is 3.99. The topological polar surface area (TPSA) is 24.1 Å². The van der Waals surface area contributed by atoms with E-state index in [1.54, 1.807) is 6.07 Å². The minimum atomic E-state index is 0.569. The van der Waals surface area contributed by atoms with Gasteiger partial charge in [-0.15, -0.1) is 0 Å². The summed E-state index contributed by atoms with van der Waals surface area (Å²) in [7, 11) is 0. The van der Waals surface area contributed by atoms with E-state index in [2.05, 4.69) is 42.7 Å². The van der Waals surface area contributed by atoms with Crippen molar-refractivity contribution < 1.29 is 0 Å². The quantitative estimate of drug-likeness (QED) is 0.748. The maximum absolute atomic E-state index is 6.12. The summed E-state index contributed by atoms with van der Waals surface area (Å²) in [6.45, 7) is 5.80. The van der Waals surface area contributed by atoms with E-state index in [9.17, 15) is 0 Å². The minimum Gasteiger partial charge on any atom is -0.383 e. The Morgan fingerprint density at radius 1 is 0.850 bits per heavy atom. The largest absolute Gasteiger partial charge is 0.383 e. The Bertz CT molecular complexity index is 577. The van der Waals surface area contributed by atoms with E-state index in [1.807, 2.05) is 12.1 Å². The van der Waals surface area contributed by atoms with Gasteiger partial charge < -0.3 is 10.6 Å². The zero-order valence-corrected chi connectivity index (χ0v) is 13.1. The first kappa shape index (κ1) is 15.0. The molecule has 0 bridgehead atoms. The van der Waals surface area contributed by atoms with Crippen LogP contribution in [0.15, 0.2) is 36.4 Å². The second-order valence-electron chi connectivity index (χ2n) is 4.72. The molecule has 0 heterocycles. The Morgan fingerprint density at radius 3 is 2.15 bits per heavy atom. The Kier molecular flexibility index (Phi) is 5.16. The molecule has 2 aromatic carbocycles. The molecule has 4 heteroatoms. The zero-order valence-electron chi connectivity index (χ0n) is 11.6. The van der Waals surface area contributed by atoms with Crippen LogP contribution in [0.25, 0.3) is 0 Å². The van der Waals surface area contributed by atoms with E-state index in [0.29, 0.717) is 10.0 Å². The lowest BCUT2D eigenvalue weighted by molar-refractivity contribution is 1.07. The number of benzene rings is 2. The number of rotatable bonds is 5. The van der Waals surface area contributed by atoms with Crippen molar-refractivity contribution in [2.24, 2.45) is 0 Å². The van der Waals surface area contributed by atoms with Crippen LogP contribution in [0.4, 0.5) is 11.4 Å². The van der Waals surface area contributed by atoms with Gasteiger partial charge >= 0.3 is 0 Å². The van der Waals surface area contributed by atoms with Gasteiger partial charge in [0.1, 0.15) is 0 Å². The molecule has 0 aliphatic rings. The fraction of sp³-hybridized carbons (Fsp3) is 0.250. The maximum Gasteiger partial charge on any atom is 0.0823 e. The molecular formula is C16H18Cl2N2. The molecule has 20 heavy (non-hydrogen) atoms. The number of para-hydroxylation sites is 1. The normalized spacial score (nSPS) is 10.4. The summed E-state index contributed by atoms with van der Waals surface area (Å²) in [5, 5.41) is 7.87. The summed E-state index contributed by atoms with van der Waals surface area (Å²) in [6, 6.07) is 11.9. The first-order valence-corrected chi connectivity index (χ1v) is 7.33. The number of halogens is 2. The summed E-state index contributed by atoms with van der Waals surface area (Å²) in [4.78, 5) is 0. The highest BCUT2D eigenvalue weighted by atomic mass is 35.5. The highest BCUT2D eigenvalue weighted by Crippen LogP contribution is 2.29. The van der Waals surface area contributed by atoms with Gasteiger partial charge in [0.2, 0.25) is 0 Å². The van der Waals surface area contributed by atoms with Gasteiger partial charge in [-0.05, 0) is 37.1 Å². The van der Waals surface area contributed by atoms with Gasteiger partial charge in [0.15, 0.2) is 0 Å². The molecule has 2 aromatic rings. The van der Waals surface area contributed by atoms with Gasteiger partial charge in [0, 0.05) is 18.8 Å². The van der Waals surface area contributed by atoms with Gasteiger partial charge in [-0.2, -0.15) is 0 Å². The van der Waals surface area contributed by atoms with Crippen LogP contribution in [0.3, 0.4) is 0 Å². The molecule has 0 amide bonds. The Hall–Kier alpha value is -1.38. The molecule has 0 aliphatic heterocycles. The Labute approximate surface area is 130 Å². The van der Waals surface area contributed by atoms with Crippen molar-refractivity contribution >= 4 is 34.6 Å². The van der Waals surface area contributed by atoms with Crippen LogP contribution in [-0.4, -0.2) is 13.1 Å².